The lowest BCUT2D eigenvalue weighted by atomic mass is 10.2. The monoisotopic (exact) mass is 344 g/mol. The number of rotatable bonds is 5. The zero-order chi connectivity index (χ0) is 19.3. The number of carbonyl (C=O) groups excluding carboxylic acids is 1. The van der Waals surface area contributed by atoms with Gasteiger partial charge in [-0.15, -0.1) is 0 Å². The molecule has 1 unspecified atom stereocenters. The van der Waals surface area contributed by atoms with Gasteiger partial charge in [0.25, 0.3) is 0 Å². The number of ketones is 1. The van der Waals surface area contributed by atoms with E-state index in [0.29, 0.717) is 5.69 Å². The van der Waals surface area contributed by atoms with Crippen LogP contribution in [0.5, 0.6) is 5.75 Å². The van der Waals surface area contributed by atoms with Crippen LogP contribution in [0.3, 0.4) is 0 Å². The maximum atomic E-state index is 9.99. The van der Waals surface area contributed by atoms with Crippen molar-refractivity contribution in [2.24, 2.45) is 5.73 Å². The SMILES string of the molecule is CC(=O)C(=O)O.NC(CCC(=O)O)C(=O)O.Nc1ccccc1O. The summed E-state index contributed by atoms with van der Waals surface area (Å²) in [6.45, 7) is 1.00. The lowest BCUT2D eigenvalue weighted by Gasteiger charge is -2.01. The molecule has 134 valence electrons. The van der Waals surface area contributed by atoms with Gasteiger partial charge >= 0.3 is 17.9 Å². The number of anilines is 1. The van der Waals surface area contributed by atoms with Gasteiger partial charge < -0.3 is 31.9 Å². The number of carboxylic acids is 3. The molecule has 0 spiro atoms. The highest BCUT2D eigenvalue weighted by atomic mass is 16.4. The van der Waals surface area contributed by atoms with Crippen molar-refractivity contribution in [3.63, 3.8) is 0 Å². The highest BCUT2D eigenvalue weighted by Gasteiger charge is 2.12. The molecular weight excluding hydrogens is 324 g/mol. The molecule has 10 nitrogen and oxygen atoms in total. The molecular formula is C14H20N2O8. The fourth-order valence-electron chi connectivity index (χ4n) is 0.890. The maximum Gasteiger partial charge on any atom is 0.371 e. The van der Waals surface area contributed by atoms with Gasteiger partial charge in [0.2, 0.25) is 5.78 Å². The summed E-state index contributed by atoms with van der Waals surface area (Å²) in [4.78, 5) is 38.8. The summed E-state index contributed by atoms with van der Waals surface area (Å²) in [5, 5.41) is 32.7. The van der Waals surface area contributed by atoms with E-state index >= 15 is 0 Å². The number of phenolic OH excluding ortho intramolecular Hbond substituents is 1. The summed E-state index contributed by atoms with van der Waals surface area (Å²) in [5.74, 6) is -4.25. The number of aliphatic carboxylic acids is 3. The zero-order valence-corrected chi connectivity index (χ0v) is 12.9. The van der Waals surface area contributed by atoms with E-state index < -0.39 is 29.7 Å². The molecule has 0 radical (unpaired) electrons. The number of carboxylic acid groups (broad SMARTS) is 3. The summed E-state index contributed by atoms with van der Waals surface area (Å²) in [6.07, 6.45) is -0.224. The number of aromatic hydroxyl groups is 1. The first-order chi connectivity index (χ1) is 11.0. The second-order valence-electron chi connectivity index (χ2n) is 4.30. The van der Waals surface area contributed by atoms with Gasteiger partial charge in [-0.25, -0.2) is 4.79 Å². The summed E-state index contributed by atoms with van der Waals surface area (Å²) < 4.78 is 0. The van der Waals surface area contributed by atoms with E-state index in [1.165, 1.54) is 0 Å². The summed E-state index contributed by atoms with van der Waals surface area (Å²) >= 11 is 0. The molecule has 0 fully saturated rings. The Balaban J connectivity index is 0. The van der Waals surface area contributed by atoms with Crippen molar-refractivity contribution in [3.8, 4) is 5.75 Å². The predicted molar refractivity (Wildman–Crippen MR) is 83.3 cm³/mol. The number of phenols is 1. The van der Waals surface area contributed by atoms with Crippen LogP contribution in [0.4, 0.5) is 5.69 Å². The number of nitrogen functional groups attached to an aromatic ring is 1. The molecule has 0 bridgehead atoms. The Morgan fingerprint density at radius 1 is 1.08 bits per heavy atom. The zero-order valence-electron chi connectivity index (χ0n) is 12.9. The fourth-order valence-corrected chi connectivity index (χ4v) is 0.890. The molecule has 0 amide bonds. The lowest BCUT2D eigenvalue weighted by Crippen LogP contribution is -2.30. The standard InChI is InChI=1S/C6H7NO.C5H9NO4.C3H4O3/c7-5-3-1-2-4-6(5)8;6-3(5(9)10)1-2-4(7)8;1-2(4)3(5)6/h1-4,8H,7H2;3H,1-2,6H2,(H,7,8)(H,9,10);1H3,(H,5,6). The maximum absolute atomic E-state index is 9.99. The van der Waals surface area contributed by atoms with Gasteiger partial charge in [-0.3, -0.25) is 14.4 Å². The summed E-state index contributed by atoms with van der Waals surface area (Å²) in [7, 11) is 0. The van der Waals surface area contributed by atoms with Crippen LogP contribution in [0, 0.1) is 0 Å². The Morgan fingerprint density at radius 3 is 1.79 bits per heavy atom. The first-order valence-corrected chi connectivity index (χ1v) is 6.46. The number of nitrogens with two attached hydrogens (primary N) is 2. The van der Waals surface area contributed by atoms with Crippen LogP contribution in [-0.4, -0.2) is 50.2 Å². The van der Waals surface area contributed by atoms with E-state index in [0.717, 1.165) is 6.92 Å². The van der Waals surface area contributed by atoms with Crippen molar-refractivity contribution >= 4 is 29.4 Å². The van der Waals surface area contributed by atoms with Gasteiger partial charge in [0, 0.05) is 13.3 Å². The molecule has 0 aliphatic carbocycles. The van der Waals surface area contributed by atoms with Crippen molar-refractivity contribution in [1.82, 2.24) is 0 Å². The first kappa shape index (κ1) is 23.1. The molecule has 0 aromatic heterocycles. The Hall–Kier alpha value is -3.14. The van der Waals surface area contributed by atoms with E-state index in [2.05, 4.69) is 0 Å². The minimum Gasteiger partial charge on any atom is -0.506 e. The van der Waals surface area contributed by atoms with Crippen LogP contribution in [0.25, 0.3) is 0 Å². The number of Topliss-reactive ketones (excluding diaryl/α,β-unsaturated/α-hetero) is 1. The van der Waals surface area contributed by atoms with E-state index in [1.807, 2.05) is 0 Å². The topological polar surface area (TPSA) is 201 Å². The van der Waals surface area contributed by atoms with Crippen LogP contribution >= 0.6 is 0 Å². The number of hydrogen-bond acceptors (Lipinski definition) is 7. The molecule has 0 saturated heterocycles. The van der Waals surface area contributed by atoms with Crippen LogP contribution in [0.15, 0.2) is 24.3 Å². The average Bonchev–Trinajstić information content (AvgIpc) is 2.48. The summed E-state index contributed by atoms with van der Waals surface area (Å²) in [5.41, 5.74) is 10.7. The minimum absolute atomic E-state index is 0.0231. The van der Waals surface area contributed by atoms with Crippen LogP contribution in [0.2, 0.25) is 0 Å². The van der Waals surface area contributed by atoms with Crippen molar-refractivity contribution in [2.45, 2.75) is 25.8 Å². The molecule has 1 rings (SSSR count). The van der Waals surface area contributed by atoms with Crippen LogP contribution < -0.4 is 11.5 Å². The number of para-hydroxylation sites is 2. The number of hydrogen-bond donors (Lipinski definition) is 6. The highest BCUT2D eigenvalue weighted by molar-refractivity contribution is 6.31. The lowest BCUT2D eigenvalue weighted by molar-refractivity contribution is -0.148. The van der Waals surface area contributed by atoms with Crippen molar-refractivity contribution in [2.75, 3.05) is 5.73 Å². The second kappa shape index (κ2) is 12.4. The number of benzene rings is 1. The van der Waals surface area contributed by atoms with Gasteiger partial charge in [-0.1, -0.05) is 12.1 Å². The van der Waals surface area contributed by atoms with Crippen molar-refractivity contribution in [3.05, 3.63) is 24.3 Å². The quantitative estimate of drug-likeness (QED) is 0.238. The van der Waals surface area contributed by atoms with E-state index in [1.54, 1.807) is 24.3 Å². The smallest absolute Gasteiger partial charge is 0.371 e. The third-order valence-corrected chi connectivity index (χ3v) is 2.22. The highest BCUT2D eigenvalue weighted by Crippen LogP contribution is 2.16. The molecule has 10 heteroatoms. The molecule has 1 atom stereocenters. The molecule has 8 N–H and O–H groups in total. The van der Waals surface area contributed by atoms with Gasteiger partial charge in [0.15, 0.2) is 0 Å². The van der Waals surface area contributed by atoms with Crippen LogP contribution in [-0.2, 0) is 19.2 Å². The Morgan fingerprint density at radius 2 is 1.54 bits per heavy atom. The number of carbonyl (C=O) groups is 4. The summed E-state index contributed by atoms with van der Waals surface area (Å²) in [6, 6.07) is 5.64. The average molecular weight is 344 g/mol. The van der Waals surface area contributed by atoms with Crippen molar-refractivity contribution < 1.29 is 39.6 Å². The van der Waals surface area contributed by atoms with Gasteiger partial charge in [-0.05, 0) is 18.6 Å². The molecule has 1 aromatic carbocycles. The van der Waals surface area contributed by atoms with E-state index in [-0.39, 0.29) is 18.6 Å². The molecule has 0 heterocycles. The Kier molecular flexibility index (Phi) is 12.0. The Bertz CT molecular complexity index is 541. The third kappa shape index (κ3) is 13.8. The molecule has 24 heavy (non-hydrogen) atoms. The molecule has 0 saturated carbocycles. The largest absolute Gasteiger partial charge is 0.506 e. The molecule has 0 aliphatic rings. The van der Waals surface area contributed by atoms with E-state index in [4.69, 9.17) is 31.9 Å². The first-order valence-electron chi connectivity index (χ1n) is 6.46. The van der Waals surface area contributed by atoms with Gasteiger partial charge in [-0.2, -0.15) is 0 Å². The molecule has 1 aromatic rings. The third-order valence-electron chi connectivity index (χ3n) is 2.22. The van der Waals surface area contributed by atoms with E-state index in [9.17, 15) is 19.2 Å². The van der Waals surface area contributed by atoms with Crippen molar-refractivity contribution in [1.29, 1.82) is 0 Å². The van der Waals surface area contributed by atoms with Crippen LogP contribution in [0.1, 0.15) is 19.8 Å². The second-order valence-corrected chi connectivity index (χ2v) is 4.30. The molecule has 0 aliphatic heterocycles. The van der Waals surface area contributed by atoms with Gasteiger partial charge in [0.1, 0.15) is 11.8 Å². The predicted octanol–water partition coefficient (Wildman–Crippen LogP) is -0.102. The van der Waals surface area contributed by atoms with Gasteiger partial charge in [0.05, 0.1) is 5.69 Å². The normalized spacial score (nSPS) is 10.1. The Labute approximate surface area is 137 Å². The fraction of sp³-hybridized carbons (Fsp3) is 0.286. The minimum atomic E-state index is -1.38.